The molecule has 0 aliphatic rings. The number of phenols is 7. The third-order valence-electron chi connectivity index (χ3n) is 17.4. The molecule has 0 unspecified atom stereocenters. The van der Waals surface area contributed by atoms with Crippen molar-refractivity contribution >= 4 is 75.1 Å². The van der Waals surface area contributed by atoms with Crippen molar-refractivity contribution in [2.24, 2.45) is 0 Å². The number of aromatic hydroxyl groups is 7. The number of aliphatic hydroxyl groups excluding tert-OH is 1. The molecule has 0 saturated carbocycles. The van der Waals surface area contributed by atoms with Crippen LogP contribution >= 0.6 is 0 Å². The van der Waals surface area contributed by atoms with Crippen LogP contribution in [0.15, 0.2) is 267 Å². The Hall–Kier alpha value is -15.3. The number of carbonyl (C=O) groups excluding carboxylic acids is 1. The zero-order valence-corrected chi connectivity index (χ0v) is 67.7. The summed E-state index contributed by atoms with van der Waals surface area (Å²) in [5.41, 5.74) is 6.28. The van der Waals surface area contributed by atoms with Gasteiger partial charge in [-0.25, -0.2) is 28.8 Å². The number of ether oxygens (including phenoxy) is 2. The fourth-order valence-corrected chi connectivity index (χ4v) is 11.0. The number of rotatable bonds is 28. The lowest BCUT2D eigenvalue weighted by Crippen LogP contribution is -2.12. The molecule has 0 spiro atoms. The number of carboxylic acid groups (broad SMARTS) is 8. The number of para-hydroxylation sites is 1. The van der Waals surface area contributed by atoms with Crippen LogP contribution in [0.3, 0.4) is 0 Å². The first-order valence-corrected chi connectivity index (χ1v) is 38.5. The highest BCUT2D eigenvalue weighted by molar-refractivity contribution is 5.91. The number of hydrogen-bond donors (Lipinski definition) is 16. The summed E-state index contributed by atoms with van der Waals surface area (Å²) >= 11 is 0. The number of phenolic OH excluding ortho intramolecular Hbond substituents is 7. The molecule has 0 heterocycles. The molecule has 27 heteroatoms. The van der Waals surface area contributed by atoms with E-state index in [0.29, 0.717) is 41.0 Å². The molecule has 16 N–H and O–H groups in total. The third kappa shape index (κ3) is 38.8. The molecular formula is C96H100O27. The van der Waals surface area contributed by atoms with Crippen molar-refractivity contribution < 1.29 is 134 Å². The van der Waals surface area contributed by atoms with Crippen molar-refractivity contribution in [2.45, 2.75) is 104 Å². The first-order valence-electron chi connectivity index (χ1n) is 38.5. The maximum atomic E-state index is 11.3. The van der Waals surface area contributed by atoms with E-state index in [2.05, 4.69) is 13.8 Å². The van der Waals surface area contributed by atoms with Crippen LogP contribution in [0, 0.1) is 6.92 Å². The van der Waals surface area contributed by atoms with Crippen LogP contribution in [-0.4, -0.2) is 155 Å². The fraction of sp³-hybridized carbons (Fsp3) is 0.198. The molecule has 0 radical (unpaired) electrons. The molecule has 0 aliphatic carbocycles. The first kappa shape index (κ1) is 100. The number of aromatic carboxylic acids is 4. The minimum Gasteiger partial charge on any atom is -0.508 e. The van der Waals surface area contributed by atoms with Gasteiger partial charge < -0.3 is 91.2 Å². The van der Waals surface area contributed by atoms with Gasteiger partial charge in [-0.15, -0.1) is 0 Å². The maximum absolute atomic E-state index is 11.3. The molecule has 12 aromatic carbocycles. The average molecular weight is 1690 g/mol. The van der Waals surface area contributed by atoms with Gasteiger partial charge in [0.25, 0.3) is 0 Å². The summed E-state index contributed by atoms with van der Waals surface area (Å²) in [4.78, 5) is 94.8. The molecule has 0 bridgehead atoms. The Balaban J connectivity index is 0.000000291. The molecule has 0 saturated heterocycles. The molecule has 0 fully saturated rings. The van der Waals surface area contributed by atoms with E-state index in [9.17, 15) is 48.3 Å². The summed E-state index contributed by atoms with van der Waals surface area (Å²) in [5.74, 6) is -10.3. The van der Waals surface area contributed by atoms with Gasteiger partial charge in [-0.2, -0.15) is 0 Å². The number of carbonyl (C=O) groups is 9. The van der Waals surface area contributed by atoms with Crippen LogP contribution in [0.1, 0.15) is 152 Å². The molecular weight excluding hydrogens is 1590 g/mol. The second kappa shape index (κ2) is 54.7. The standard InChI is InChI=1S/C15H22O2.C14H12O2.C13H12O2.C12H10O3.C10H12O2.C9H10O4.C8H8O4.C8H8O3.C7H6O5/c1-2-3-4-5-6-7-8-13-9-11-14(12-10-13)15(16)17;15-14(16)13(11-7-3-1-4-8-11)12-9-5-2-6-10-12;14-9-13(15)8-10-5-6-11-3-1-2-4-12(11)7-10;13-12(14)8-15-11-6-5-9-3-1-2-4-10(9)7-11;1-2-3-8-4-6-9(7-5-8)10(11)12;10-7-3-1-6(5-8(7)11)2-4-9(12)13;1-4-6(9)2-5(8(11)12)3-7(4)10;9-8(10)6-11-7-4-2-1-3-5-7;8-4-1-3(7(11)12)2-5(9)6(4)10/h9-12H,2-8H2,1H3,(H,16,17);1-10,13H,(H,15,16);1-7,14H,8-9H2;1-7H,8H2,(H,13,14);4-7H,2-3H2,1H3,(H,11,12);1,3,5,10-11H,2,4H2,(H,12,13);2-3,9-10H,1H3,(H,11,12);1-5H,6H2,(H,9,10);1-2,8-10H,(H,11,12). The van der Waals surface area contributed by atoms with Crippen molar-refractivity contribution in [2.75, 3.05) is 19.8 Å². The van der Waals surface area contributed by atoms with E-state index >= 15 is 0 Å². The molecule has 0 aromatic heterocycles. The maximum Gasteiger partial charge on any atom is 0.341 e. The number of carboxylic acids is 8. The quantitative estimate of drug-likeness (QED) is 0.0160. The van der Waals surface area contributed by atoms with Crippen LogP contribution in [0.2, 0.25) is 0 Å². The molecule has 12 aromatic rings. The number of hydrogen-bond acceptors (Lipinski definition) is 19. The number of aliphatic carboxylic acids is 4. The Morgan fingerprint density at radius 3 is 1.15 bits per heavy atom. The highest BCUT2D eigenvalue weighted by Gasteiger charge is 2.21. The van der Waals surface area contributed by atoms with Gasteiger partial charge in [0, 0.05) is 18.4 Å². The Morgan fingerprint density at radius 1 is 0.317 bits per heavy atom. The van der Waals surface area contributed by atoms with Crippen LogP contribution in [0.5, 0.6) is 51.7 Å². The third-order valence-corrected chi connectivity index (χ3v) is 17.4. The molecule has 646 valence electrons. The summed E-state index contributed by atoms with van der Waals surface area (Å²) in [7, 11) is 0. The Kier molecular flexibility index (Phi) is 44.5. The van der Waals surface area contributed by atoms with E-state index in [-0.39, 0.29) is 71.7 Å². The highest BCUT2D eigenvalue weighted by atomic mass is 16.5. The van der Waals surface area contributed by atoms with Crippen LogP contribution in [-0.2, 0) is 49.7 Å². The van der Waals surface area contributed by atoms with E-state index in [1.165, 1.54) is 68.7 Å². The number of Topliss-reactive ketones (excluding diaryl/α,β-unsaturated/α-hetero) is 1. The second-order valence-electron chi connectivity index (χ2n) is 26.9. The minimum atomic E-state index is -1.29. The van der Waals surface area contributed by atoms with Gasteiger partial charge in [0.1, 0.15) is 35.5 Å². The molecule has 0 atom stereocenters. The number of aryl methyl sites for hydroxylation is 3. The van der Waals surface area contributed by atoms with E-state index in [1.54, 1.807) is 60.7 Å². The van der Waals surface area contributed by atoms with E-state index in [4.69, 9.17) is 86.1 Å². The van der Waals surface area contributed by atoms with Crippen molar-refractivity contribution in [1.29, 1.82) is 0 Å². The van der Waals surface area contributed by atoms with Crippen molar-refractivity contribution in [3.8, 4) is 51.7 Å². The average Bonchev–Trinajstić information content (AvgIpc) is 0.856. The van der Waals surface area contributed by atoms with Crippen molar-refractivity contribution in [3.63, 3.8) is 0 Å². The number of unbranched alkanes of at least 4 members (excludes halogenated alkanes) is 5. The summed E-state index contributed by atoms with van der Waals surface area (Å²) in [5, 5.41) is 145. The predicted molar refractivity (Wildman–Crippen MR) is 462 cm³/mol. The zero-order valence-electron chi connectivity index (χ0n) is 67.7. The van der Waals surface area contributed by atoms with E-state index < -0.39 is 70.9 Å². The van der Waals surface area contributed by atoms with E-state index in [1.807, 2.05) is 170 Å². The first-order chi connectivity index (χ1) is 58.7. The minimum absolute atomic E-state index is 0.0181. The molecule has 0 aliphatic heterocycles. The highest BCUT2D eigenvalue weighted by Crippen LogP contribution is 2.36. The number of fused-ring (bicyclic) bond motifs is 2. The van der Waals surface area contributed by atoms with Crippen molar-refractivity contribution in [1.82, 2.24) is 0 Å². The lowest BCUT2D eigenvalue weighted by atomic mass is 9.92. The van der Waals surface area contributed by atoms with Crippen LogP contribution < -0.4 is 9.47 Å². The summed E-state index contributed by atoms with van der Waals surface area (Å²) in [6, 6.07) is 77.1. The largest absolute Gasteiger partial charge is 0.508 e. The monoisotopic (exact) mass is 1680 g/mol. The summed E-state index contributed by atoms with van der Waals surface area (Å²) in [6.07, 6.45) is 11.6. The number of ketones is 1. The fourth-order valence-electron chi connectivity index (χ4n) is 11.0. The predicted octanol–water partition coefficient (Wildman–Crippen LogP) is 17.6. The summed E-state index contributed by atoms with van der Waals surface area (Å²) in [6.45, 7) is 4.85. The Labute approximate surface area is 709 Å². The van der Waals surface area contributed by atoms with Crippen LogP contribution in [0.25, 0.3) is 21.5 Å². The van der Waals surface area contributed by atoms with Gasteiger partial charge in [0.05, 0.1) is 22.3 Å². The van der Waals surface area contributed by atoms with Gasteiger partial charge in [-0.1, -0.05) is 234 Å². The SMILES string of the molecule is CCCCCCCCc1ccc(C(=O)O)cc1.CCCc1ccc(C(=O)O)cc1.Cc1c(O)cc(C(=O)O)cc1O.O=C(CO)Cc1ccc2ccccc2c1.O=C(O)C(c1ccccc1)c1ccccc1.O=C(O)CCc1ccc(O)c(O)c1.O=C(O)COc1ccc2ccccc2c1.O=C(O)COc1ccccc1.O=C(O)c1cc(O)c(O)c(O)c1. The normalized spacial score (nSPS) is 9.99. The van der Waals surface area contributed by atoms with Gasteiger partial charge in [0.15, 0.2) is 47.7 Å². The molecule has 27 nitrogen and oxygen atoms in total. The van der Waals surface area contributed by atoms with Crippen molar-refractivity contribution in [3.05, 3.63) is 328 Å². The van der Waals surface area contributed by atoms with Gasteiger partial charge in [-0.05, 0) is 172 Å². The van der Waals surface area contributed by atoms with Crippen LogP contribution in [0.4, 0.5) is 0 Å². The smallest absolute Gasteiger partial charge is 0.341 e. The summed E-state index contributed by atoms with van der Waals surface area (Å²) < 4.78 is 9.94. The topological polar surface area (TPSA) is 496 Å². The number of aliphatic hydroxyl groups is 1. The molecule has 123 heavy (non-hydrogen) atoms. The van der Waals surface area contributed by atoms with Gasteiger partial charge in [0.2, 0.25) is 0 Å². The van der Waals surface area contributed by atoms with E-state index in [0.717, 1.165) is 81.8 Å². The number of benzene rings is 12. The zero-order chi connectivity index (χ0) is 90.8. The van der Waals surface area contributed by atoms with Gasteiger partial charge in [-0.3, -0.25) is 14.4 Å². The lowest BCUT2D eigenvalue weighted by Gasteiger charge is -2.12. The van der Waals surface area contributed by atoms with Gasteiger partial charge >= 0.3 is 47.8 Å². The Morgan fingerprint density at radius 2 is 0.715 bits per heavy atom. The second-order valence-corrected chi connectivity index (χ2v) is 26.9. The Bertz CT molecular complexity index is 5170. The molecule has 12 rings (SSSR count). The molecule has 0 amide bonds. The lowest BCUT2D eigenvalue weighted by molar-refractivity contribution is -0.140.